The van der Waals surface area contributed by atoms with E-state index in [0.717, 1.165) is 6.42 Å². The van der Waals surface area contributed by atoms with Gasteiger partial charge in [-0.15, -0.1) is 0 Å². The lowest BCUT2D eigenvalue weighted by molar-refractivity contribution is 0.0939. The molecule has 0 aromatic carbocycles. The van der Waals surface area contributed by atoms with Crippen molar-refractivity contribution in [2.75, 3.05) is 5.73 Å². The van der Waals surface area contributed by atoms with Crippen LogP contribution in [0.4, 0.5) is 5.69 Å². The molecule has 2 unspecified atom stereocenters. The predicted octanol–water partition coefficient (Wildman–Crippen LogP) is 0.623. The van der Waals surface area contributed by atoms with Gasteiger partial charge in [0.05, 0.1) is 11.9 Å². The normalized spacial score (nSPS) is 23.9. The summed E-state index contributed by atoms with van der Waals surface area (Å²) >= 11 is 0. The number of hydrogen-bond donors (Lipinski definition) is 2. The summed E-state index contributed by atoms with van der Waals surface area (Å²) in [7, 11) is 0. The number of hydrogen-bond acceptors (Lipinski definition) is 3. The molecule has 2 atom stereocenters. The average molecular weight is 208 g/mol. The molecule has 15 heavy (non-hydrogen) atoms. The number of anilines is 1. The smallest absolute Gasteiger partial charge is 0.271 e. The van der Waals surface area contributed by atoms with Gasteiger partial charge in [-0.2, -0.15) is 5.10 Å². The first kappa shape index (κ1) is 10.0. The Morgan fingerprint density at radius 2 is 2.47 bits per heavy atom. The standard InChI is InChI=1S/C10H16N4O/c1-3-14-9(7(11)5-12-14)10(15)13-8-4-6(8)2/h5-6,8H,3-4,11H2,1-2H3,(H,13,15). The van der Waals surface area contributed by atoms with E-state index in [1.54, 1.807) is 4.68 Å². The Bertz CT molecular complexity index is 385. The molecule has 1 fully saturated rings. The second kappa shape index (κ2) is 3.56. The number of amides is 1. The van der Waals surface area contributed by atoms with E-state index in [4.69, 9.17) is 5.73 Å². The highest BCUT2D eigenvalue weighted by Gasteiger charge is 2.34. The second-order valence-corrected chi connectivity index (χ2v) is 4.06. The lowest BCUT2D eigenvalue weighted by Crippen LogP contribution is -2.29. The van der Waals surface area contributed by atoms with Crippen molar-refractivity contribution in [1.82, 2.24) is 15.1 Å². The molecule has 0 saturated heterocycles. The van der Waals surface area contributed by atoms with Gasteiger partial charge in [-0.05, 0) is 19.3 Å². The summed E-state index contributed by atoms with van der Waals surface area (Å²) in [6.07, 6.45) is 2.58. The summed E-state index contributed by atoms with van der Waals surface area (Å²) in [5.74, 6) is 0.481. The van der Waals surface area contributed by atoms with Crippen molar-refractivity contribution in [2.45, 2.75) is 32.9 Å². The topological polar surface area (TPSA) is 72.9 Å². The third-order valence-corrected chi connectivity index (χ3v) is 2.81. The molecular weight excluding hydrogens is 192 g/mol. The Morgan fingerprint density at radius 3 is 3.00 bits per heavy atom. The SMILES string of the molecule is CCn1ncc(N)c1C(=O)NC1CC1C. The molecule has 1 aromatic rings. The molecule has 0 spiro atoms. The highest BCUT2D eigenvalue weighted by Crippen LogP contribution is 2.29. The van der Waals surface area contributed by atoms with E-state index >= 15 is 0 Å². The maximum absolute atomic E-state index is 11.9. The van der Waals surface area contributed by atoms with Crippen LogP contribution >= 0.6 is 0 Å². The van der Waals surface area contributed by atoms with Crippen LogP contribution in [-0.2, 0) is 6.54 Å². The van der Waals surface area contributed by atoms with E-state index in [2.05, 4.69) is 17.3 Å². The van der Waals surface area contributed by atoms with Crippen molar-refractivity contribution in [3.05, 3.63) is 11.9 Å². The van der Waals surface area contributed by atoms with Crippen molar-refractivity contribution in [3.63, 3.8) is 0 Å². The van der Waals surface area contributed by atoms with Gasteiger partial charge in [-0.3, -0.25) is 9.48 Å². The van der Waals surface area contributed by atoms with Crippen LogP contribution in [-0.4, -0.2) is 21.7 Å². The minimum absolute atomic E-state index is 0.110. The van der Waals surface area contributed by atoms with Gasteiger partial charge < -0.3 is 11.1 Å². The van der Waals surface area contributed by atoms with Gasteiger partial charge in [0.2, 0.25) is 0 Å². The number of nitrogens with one attached hydrogen (secondary N) is 1. The van der Waals surface area contributed by atoms with Crippen LogP contribution in [0, 0.1) is 5.92 Å². The second-order valence-electron chi connectivity index (χ2n) is 4.06. The maximum atomic E-state index is 11.9. The van der Waals surface area contributed by atoms with Crippen LogP contribution in [0.3, 0.4) is 0 Å². The number of nitrogens with zero attached hydrogens (tertiary/aromatic N) is 2. The number of aryl methyl sites for hydroxylation is 1. The molecule has 0 bridgehead atoms. The highest BCUT2D eigenvalue weighted by molar-refractivity contribution is 5.97. The number of nitrogens with two attached hydrogens (primary N) is 1. The minimum Gasteiger partial charge on any atom is -0.396 e. The highest BCUT2D eigenvalue weighted by atomic mass is 16.2. The summed E-state index contributed by atoms with van der Waals surface area (Å²) in [6.45, 7) is 4.70. The van der Waals surface area contributed by atoms with Crippen molar-refractivity contribution >= 4 is 11.6 Å². The van der Waals surface area contributed by atoms with Crippen LogP contribution < -0.4 is 11.1 Å². The zero-order valence-electron chi connectivity index (χ0n) is 9.03. The molecule has 2 rings (SSSR count). The molecule has 5 heteroatoms. The van der Waals surface area contributed by atoms with Crippen LogP contribution in [0.5, 0.6) is 0 Å². The summed E-state index contributed by atoms with van der Waals surface area (Å²) in [6, 6.07) is 0.317. The van der Waals surface area contributed by atoms with E-state index < -0.39 is 0 Å². The summed E-state index contributed by atoms with van der Waals surface area (Å²) in [5, 5.41) is 6.97. The molecule has 5 nitrogen and oxygen atoms in total. The lowest BCUT2D eigenvalue weighted by atomic mass is 10.3. The number of rotatable bonds is 3. The van der Waals surface area contributed by atoms with E-state index in [1.807, 2.05) is 6.92 Å². The zero-order valence-corrected chi connectivity index (χ0v) is 9.03. The fraction of sp³-hybridized carbons (Fsp3) is 0.600. The first-order chi connectivity index (χ1) is 7.13. The third kappa shape index (κ3) is 1.82. The number of carbonyl (C=O) groups excluding carboxylic acids is 1. The average Bonchev–Trinajstić information content (AvgIpc) is 2.75. The molecule has 82 valence electrons. The molecular formula is C10H16N4O. The van der Waals surface area contributed by atoms with E-state index in [1.165, 1.54) is 6.20 Å². The quantitative estimate of drug-likeness (QED) is 0.765. The van der Waals surface area contributed by atoms with E-state index in [9.17, 15) is 4.79 Å². The predicted molar refractivity (Wildman–Crippen MR) is 57.3 cm³/mol. The fourth-order valence-corrected chi connectivity index (χ4v) is 1.65. The minimum atomic E-state index is -0.110. The Morgan fingerprint density at radius 1 is 1.80 bits per heavy atom. The van der Waals surface area contributed by atoms with Gasteiger partial charge in [0.1, 0.15) is 5.69 Å². The molecule has 1 aliphatic carbocycles. The molecule has 1 saturated carbocycles. The van der Waals surface area contributed by atoms with Crippen molar-refractivity contribution in [3.8, 4) is 0 Å². The van der Waals surface area contributed by atoms with Gasteiger partial charge in [-0.1, -0.05) is 6.92 Å². The van der Waals surface area contributed by atoms with Crippen LogP contribution in [0.15, 0.2) is 6.20 Å². The first-order valence-corrected chi connectivity index (χ1v) is 5.25. The van der Waals surface area contributed by atoms with Gasteiger partial charge in [-0.25, -0.2) is 0 Å². The summed E-state index contributed by atoms with van der Waals surface area (Å²) < 4.78 is 1.62. The van der Waals surface area contributed by atoms with E-state index in [-0.39, 0.29) is 5.91 Å². The Hall–Kier alpha value is -1.52. The molecule has 1 amide bonds. The summed E-state index contributed by atoms with van der Waals surface area (Å²) in [4.78, 5) is 11.9. The Kier molecular flexibility index (Phi) is 2.38. The van der Waals surface area contributed by atoms with Crippen LogP contribution in [0.1, 0.15) is 30.8 Å². The van der Waals surface area contributed by atoms with Crippen molar-refractivity contribution in [2.24, 2.45) is 5.92 Å². The van der Waals surface area contributed by atoms with Crippen LogP contribution in [0.2, 0.25) is 0 Å². The third-order valence-electron chi connectivity index (χ3n) is 2.81. The number of carbonyl (C=O) groups is 1. The maximum Gasteiger partial charge on any atom is 0.271 e. The lowest BCUT2D eigenvalue weighted by Gasteiger charge is -2.06. The molecule has 0 aliphatic heterocycles. The molecule has 0 radical (unpaired) electrons. The Labute approximate surface area is 88.6 Å². The zero-order chi connectivity index (χ0) is 11.0. The Balaban J connectivity index is 2.13. The van der Waals surface area contributed by atoms with Crippen molar-refractivity contribution < 1.29 is 4.79 Å². The van der Waals surface area contributed by atoms with Crippen LogP contribution in [0.25, 0.3) is 0 Å². The fourth-order valence-electron chi connectivity index (χ4n) is 1.65. The van der Waals surface area contributed by atoms with Gasteiger partial charge in [0.25, 0.3) is 5.91 Å². The largest absolute Gasteiger partial charge is 0.396 e. The van der Waals surface area contributed by atoms with Gasteiger partial charge in [0.15, 0.2) is 0 Å². The number of aromatic nitrogens is 2. The summed E-state index contributed by atoms with van der Waals surface area (Å²) in [5.41, 5.74) is 6.63. The van der Waals surface area contributed by atoms with E-state index in [0.29, 0.717) is 29.9 Å². The molecule has 3 N–H and O–H groups in total. The van der Waals surface area contributed by atoms with Crippen molar-refractivity contribution in [1.29, 1.82) is 0 Å². The monoisotopic (exact) mass is 208 g/mol. The van der Waals surface area contributed by atoms with Gasteiger partial charge in [0, 0.05) is 12.6 Å². The first-order valence-electron chi connectivity index (χ1n) is 5.25. The molecule has 1 heterocycles. The molecule has 1 aliphatic rings. The number of nitrogen functional groups attached to an aromatic ring is 1. The van der Waals surface area contributed by atoms with Gasteiger partial charge >= 0.3 is 0 Å². The molecule has 1 aromatic heterocycles.